The molecular formula is C25H26N2O7. The van der Waals surface area contributed by atoms with E-state index in [4.69, 9.17) is 9.47 Å². The number of benzene rings is 1. The van der Waals surface area contributed by atoms with Crippen LogP contribution < -0.4 is 0 Å². The van der Waals surface area contributed by atoms with Crippen molar-refractivity contribution in [2.45, 2.75) is 20.4 Å². The lowest BCUT2D eigenvalue weighted by Gasteiger charge is -2.43. The molecule has 1 aromatic rings. The molecule has 0 bridgehead atoms. The summed E-state index contributed by atoms with van der Waals surface area (Å²) >= 11 is 0. The van der Waals surface area contributed by atoms with Crippen LogP contribution in [0, 0.1) is 33.3 Å². The Morgan fingerprint density at radius 1 is 1.15 bits per heavy atom. The van der Waals surface area contributed by atoms with E-state index in [9.17, 15) is 24.5 Å². The SMILES string of the molecule is CCOC(=O)C1(C(=O)OCC)C2C(=C[C@H]3CN(Cc4ccccc4)C(=O)[C@@H]31)C=CC=C2[N+](=O)[O-]. The number of rotatable bonds is 7. The fourth-order valence-electron chi connectivity index (χ4n) is 5.39. The fraction of sp³-hybridized carbons (Fsp3) is 0.400. The van der Waals surface area contributed by atoms with E-state index < -0.39 is 45.9 Å². The van der Waals surface area contributed by atoms with Crippen molar-refractivity contribution >= 4 is 17.8 Å². The molecule has 9 heteroatoms. The summed E-state index contributed by atoms with van der Waals surface area (Å²) in [5.41, 5.74) is -1.22. The second-order valence-electron chi connectivity index (χ2n) is 8.46. The molecule has 9 nitrogen and oxygen atoms in total. The van der Waals surface area contributed by atoms with Gasteiger partial charge in [0.2, 0.25) is 5.91 Å². The van der Waals surface area contributed by atoms with E-state index >= 15 is 0 Å². The Hall–Kier alpha value is -3.75. The maximum absolute atomic E-state index is 13.8. The molecule has 3 atom stereocenters. The second kappa shape index (κ2) is 9.24. The number of nitro groups is 1. The Balaban J connectivity index is 1.89. The highest BCUT2D eigenvalue weighted by Crippen LogP contribution is 2.56. The summed E-state index contributed by atoms with van der Waals surface area (Å²) in [6.07, 6.45) is 6.20. The fourth-order valence-corrected chi connectivity index (χ4v) is 5.39. The number of nitrogens with zero attached hydrogens (tertiary/aromatic N) is 2. The van der Waals surface area contributed by atoms with Crippen LogP contribution >= 0.6 is 0 Å². The Bertz CT molecular complexity index is 1090. The van der Waals surface area contributed by atoms with E-state index in [1.807, 2.05) is 30.3 Å². The van der Waals surface area contributed by atoms with Gasteiger partial charge in [0.25, 0.3) is 5.70 Å². The summed E-state index contributed by atoms with van der Waals surface area (Å²) in [5, 5.41) is 12.0. The number of ether oxygens (including phenoxy) is 2. The minimum atomic E-state index is -2.20. The van der Waals surface area contributed by atoms with Gasteiger partial charge in [-0.3, -0.25) is 24.5 Å². The lowest BCUT2D eigenvalue weighted by molar-refractivity contribution is -0.435. The number of carbonyl (C=O) groups excluding carboxylic acids is 3. The molecule has 0 radical (unpaired) electrons. The zero-order valence-electron chi connectivity index (χ0n) is 19.0. The van der Waals surface area contributed by atoms with Crippen LogP contribution in [0.25, 0.3) is 0 Å². The van der Waals surface area contributed by atoms with Crippen LogP contribution in [-0.2, 0) is 30.4 Å². The van der Waals surface area contributed by atoms with Gasteiger partial charge < -0.3 is 14.4 Å². The Morgan fingerprint density at radius 3 is 2.38 bits per heavy atom. The lowest BCUT2D eigenvalue weighted by atomic mass is 9.55. The van der Waals surface area contributed by atoms with Crippen molar-refractivity contribution in [3.8, 4) is 0 Å². The molecule has 1 aromatic carbocycles. The van der Waals surface area contributed by atoms with Gasteiger partial charge in [0.05, 0.1) is 24.1 Å². The largest absolute Gasteiger partial charge is 0.465 e. The predicted octanol–water partition coefficient (Wildman–Crippen LogP) is 2.66. The molecule has 0 N–H and O–H groups in total. The Kier molecular flexibility index (Phi) is 6.37. The smallest absolute Gasteiger partial charge is 0.325 e. The summed E-state index contributed by atoms with van der Waals surface area (Å²) in [6.45, 7) is 3.60. The summed E-state index contributed by atoms with van der Waals surface area (Å²) in [7, 11) is 0. The molecule has 1 amide bonds. The average Bonchev–Trinajstić information content (AvgIpc) is 3.12. The van der Waals surface area contributed by atoms with Gasteiger partial charge in [-0.25, -0.2) is 0 Å². The second-order valence-corrected chi connectivity index (χ2v) is 8.46. The van der Waals surface area contributed by atoms with Crippen LogP contribution in [0.15, 0.2) is 65.9 Å². The van der Waals surface area contributed by atoms with E-state index in [0.717, 1.165) is 5.56 Å². The molecular weight excluding hydrogens is 440 g/mol. The first-order valence-corrected chi connectivity index (χ1v) is 11.3. The minimum Gasteiger partial charge on any atom is -0.465 e. The number of esters is 2. The molecule has 2 aliphatic carbocycles. The van der Waals surface area contributed by atoms with Crippen molar-refractivity contribution in [2.75, 3.05) is 19.8 Å². The van der Waals surface area contributed by atoms with Crippen molar-refractivity contribution in [1.82, 2.24) is 4.90 Å². The summed E-state index contributed by atoms with van der Waals surface area (Å²) < 4.78 is 10.7. The number of fused-ring (bicyclic) bond motifs is 2. The van der Waals surface area contributed by atoms with E-state index in [1.54, 1.807) is 30.9 Å². The lowest BCUT2D eigenvalue weighted by Crippen LogP contribution is -2.59. The van der Waals surface area contributed by atoms with Crippen LogP contribution in [0.2, 0.25) is 0 Å². The zero-order valence-corrected chi connectivity index (χ0v) is 19.0. The number of hydrogen-bond acceptors (Lipinski definition) is 7. The maximum atomic E-state index is 13.8. The third-order valence-corrected chi connectivity index (χ3v) is 6.63. The molecule has 1 saturated heterocycles. The van der Waals surface area contributed by atoms with Gasteiger partial charge >= 0.3 is 11.9 Å². The molecule has 3 aliphatic rings. The molecule has 34 heavy (non-hydrogen) atoms. The maximum Gasteiger partial charge on any atom is 0.325 e. The van der Waals surface area contributed by atoms with E-state index in [-0.39, 0.29) is 32.0 Å². The molecule has 4 rings (SSSR count). The topological polar surface area (TPSA) is 116 Å². The van der Waals surface area contributed by atoms with Gasteiger partial charge in [-0.1, -0.05) is 48.6 Å². The molecule has 178 valence electrons. The van der Waals surface area contributed by atoms with Crippen molar-refractivity contribution in [1.29, 1.82) is 0 Å². The van der Waals surface area contributed by atoms with Crippen LogP contribution in [0.1, 0.15) is 19.4 Å². The Morgan fingerprint density at radius 2 is 1.79 bits per heavy atom. The molecule has 1 heterocycles. The summed E-state index contributed by atoms with van der Waals surface area (Å²) in [4.78, 5) is 54.0. The van der Waals surface area contributed by atoms with Gasteiger partial charge in [0.15, 0.2) is 5.41 Å². The predicted molar refractivity (Wildman–Crippen MR) is 120 cm³/mol. The van der Waals surface area contributed by atoms with Crippen molar-refractivity contribution in [3.63, 3.8) is 0 Å². The van der Waals surface area contributed by atoms with E-state index in [1.165, 1.54) is 12.2 Å². The standard InChI is InChI=1S/C25H26N2O7/c1-3-33-23(29)25(24(30)34-4-2)20-17(11-8-12-19(20)27(31)32)13-18-15-26(22(28)21(18)25)14-16-9-6-5-7-10-16/h5-13,18,20-21H,3-4,14-15H2,1-2H3/t18-,20?,21+/m0/s1. The first-order valence-electron chi connectivity index (χ1n) is 11.3. The van der Waals surface area contributed by atoms with Crippen LogP contribution in [0.5, 0.6) is 0 Å². The third kappa shape index (κ3) is 3.61. The van der Waals surface area contributed by atoms with E-state index in [0.29, 0.717) is 5.57 Å². The zero-order chi connectivity index (χ0) is 24.5. The van der Waals surface area contributed by atoms with Crippen molar-refractivity contribution < 1.29 is 28.8 Å². The van der Waals surface area contributed by atoms with Gasteiger partial charge in [-0.05, 0) is 25.0 Å². The highest BCUT2D eigenvalue weighted by Gasteiger charge is 2.71. The highest BCUT2D eigenvalue weighted by molar-refractivity contribution is 6.07. The first-order chi connectivity index (χ1) is 16.4. The molecule has 1 fully saturated rings. The third-order valence-electron chi connectivity index (χ3n) is 6.63. The van der Waals surface area contributed by atoms with Crippen LogP contribution in [-0.4, -0.2) is 47.4 Å². The first kappa shape index (κ1) is 23.4. The molecule has 0 aromatic heterocycles. The minimum absolute atomic E-state index is 0.0571. The number of carbonyl (C=O) groups is 3. The van der Waals surface area contributed by atoms with E-state index in [2.05, 4.69) is 0 Å². The average molecular weight is 466 g/mol. The Labute approximate surface area is 196 Å². The van der Waals surface area contributed by atoms with Crippen LogP contribution in [0.3, 0.4) is 0 Å². The molecule has 0 spiro atoms. The van der Waals surface area contributed by atoms with Crippen molar-refractivity contribution in [2.24, 2.45) is 23.2 Å². The molecule has 0 saturated carbocycles. The van der Waals surface area contributed by atoms with Gasteiger partial charge in [0, 0.05) is 25.1 Å². The van der Waals surface area contributed by atoms with Crippen LogP contribution in [0.4, 0.5) is 0 Å². The number of allylic oxidation sites excluding steroid dienone is 4. The van der Waals surface area contributed by atoms with Gasteiger partial charge in [0.1, 0.15) is 5.92 Å². The summed E-state index contributed by atoms with van der Waals surface area (Å²) in [5.74, 6) is -5.38. The molecule has 1 unspecified atom stereocenters. The number of amides is 1. The van der Waals surface area contributed by atoms with Crippen molar-refractivity contribution in [3.05, 3.63) is 81.6 Å². The number of likely N-dealkylation sites (tertiary alicyclic amines) is 1. The van der Waals surface area contributed by atoms with Gasteiger partial charge in [-0.2, -0.15) is 0 Å². The van der Waals surface area contributed by atoms with Gasteiger partial charge in [-0.15, -0.1) is 0 Å². The summed E-state index contributed by atoms with van der Waals surface area (Å²) in [6, 6.07) is 9.36. The number of hydrogen-bond donors (Lipinski definition) is 0. The molecule has 1 aliphatic heterocycles. The normalized spacial score (nSPS) is 24.5. The quantitative estimate of drug-likeness (QED) is 0.262. The monoisotopic (exact) mass is 466 g/mol. The highest BCUT2D eigenvalue weighted by atomic mass is 16.6.